The van der Waals surface area contributed by atoms with Crippen molar-refractivity contribution >= 4 is 11.3 Å². The highest BCUT2D eigenvalue weighted by Gasteiger charge is 1.98. The Hall–Kier alpha value is -1.39. The average molecular weight is 235 g/mol. The Labute approximate surface area is 98.4 Å². The highest BCUT2D eigenvalue weighted by molar-refractivity contribution is 7.09. The van der Waals surface area contributed by atoms with Gasteiger partial charge in [0.25, 0.3) is 0 Å². The molecule has 0 bridgehead atoms. The van der Waals surface area contributed by atoms with E-state index in [-0.39, 0.29) is 6.61 Å². The lowest BCUT2D eigenvalue weighted by Gasteiger charge is -2.04. The van der Waals surface area contributed by atoms with Crippen LogP contribution in [0.1, 0.15) is 10.4 Å². The molecule has 4 heteroatoms. The van der Waals surface area contributed by atoms with E-state index in [1.54, 1.807) is 29.7 Å². The highest BCUT2D eigenvalue weighted by atomic mass is 32.1. The minimum absolute atomic E-state index is 0.0177. The van der Waals surface area contributed by atoms with Crippen LogP contribution < -0.4 is 4.74 Å². The van der Waals surface area contributed by atoms with Crippen LogP contribution in [-0.2, 0) is 13.0 Å². The fraction of sp³-hybridized carbons (Fsp3) is 0.250. The van der Waals surface area contributed by atoms with Crippen LogP contribution >= 0.6 is 11.3 Å². The molecule has 2 rings (SSSR count). The zero-order chi connectivity index (χ0) is 11.2. The molecule has 16 heavy (non-hydrogen) atoms. The number of rotatable bonds is 5. The Bertz CT molecular complexity index is 428. The molecule has 0 aliphatic heterocycles. The number of hydrogen-bond acceptors (Lipinski definition) is 4. The van der Waals surface area contributed by atoms with Crippen LogP contribution in [0.25, 0.3) is 0 Å². The normalized spacial score (nSPS) is 10.3. The standard InChI is InChI=1S/C12H13NO2S/c14-9-10-3-5-13-12(8-10)15-6-4-11-2-1-7-16-11/h1-3,5,7-8,14H,4,6,9H2. The van der Waals surface area contributed by atoms with Crippen LogP contribution in [0.15, 0.2) is 35.8 Å². The number of aromatic nitrogens is 1. The van der Waals surface area contributed by atoms with Crippen molar-refractivity contribution in [3.8, 4) is 5.88 Å². The molecule has 0 aliphatic rings. The van der Waals surface area contributed by atoms with Gasteiger partial charge in [0.05, 0.1) is 13.2 Å². The molecule has 0 saturated carbocycles. The number of nitrogens with zero attached hydrogens (tertiary/aromatic N) is 1. The summed E-state index contributed by atoms with van der Waals surface area (Å²) in [4.78, 5) is 5.38. The smallest absolute Gasteiger partial charge is 0.213 e. The lowest BCUT2D eigenvalue weighted by atomic mass is 10.3. The summed E-state index contributed by atoms with van der Waals surface area (Å²) < 4.78 is 5.51. The Morgan fingerprint density at radius 3 is 3.06 bits per heavy atom. The molecular weight excluding hydrogens is 222 g/mol. The topological polar surface area (TPSA) is 42.4 Å². The van der Waals surface area contributed by atoms with Crippen LogP contribution in [0, 0.1) is 0 Å². The van der Waals surface area contributed by atoms with E-state index in [1.807, 2.05) is 6.07 Å². The summed E-state index contributed by atoms with van der Waals surface area (Å²) >= 11 is 1.73. The maximum Gasteiger partial charge on any atom is 0.213 e. The zero-order valence-corrected chi connectivity index (χ0v) is 9.61. The third-order valence-electron chi connectivity index (χ3n) is 2.16. The average Bonchev–Trinajstić information content (AvgIpc) is 2.82. The van der Waals surface area contributed by atoms with Gasteiger partial charge >= 0.3 is 0 Å². The molecule has 0 atom stereocenters. The molecule has 0 spiro atoms. The van der Waals surface area contributed by atoms with E-state index >= 15 is 0 Å². The number of aliphatic hydroxyl groups excluding tert-OH is 1. The van der Waals surface area contributed by atoms with Crippen molar-refractivity contribution in [2.75, 3.05) is 6.61 Å². The van der Waals surface area contributed by atoms with Crippen LogP contribution in [-0.4, -0.2) is 16.7 Å². The van der Waals surface area contributed by atoms with Gasteiger partial charge < -0.3 is 9.84 Å². The predicted molar refractivity (Wildman–Crippen MR) is 63.7 cm³/mol. The molecule has 0 unspecified atom stereocenters. The van der Waals surface area contributed by atoms with Crippen molar-refractivity contribution in [1.82, 2.24) is 4.98 Å². The number of aliphatic hydroxyl groups is 1. The molecule has 0 saturated heterocycles. The third-order valence-corrected chi connectivity index (χ3v) is 3.10. The maximum absolute atomic E-state index is 8.96. The van der Waals surface area contributed by atoms with E-state index in [4.69, 9.17) is 9.84 Å². The van der Waals surface area contributed by atoms with Crippen molar-refractivity contribution < 1.29 is 9.84 Å². The number of hydrogen-bond donors (Lipinski definition) is 1. The second kappa shape index (κ2) is 5.63. The van der Waals surface area contributed by atoms with E-state index in [9.17, 15) is 0 Å². The first-order chi connectivity index (χ1) is 7.88. The number of ether oxygens (including phenoxy) is 1. The summed E-state index contributed by atoms with van der Waals surface area (Å²) in [6.45, 7) is 0.631. The van der Waals surface area contributed by atoms with Crippen molar-refractivity contribution in [3.63, 3.8) is 0 Å². The molecule has 2 heterocycles. The molecule has 0 aliphatic carbocycles. The molecule has 84 valence electrons. The second-order valence-corrected chi connectivity index (χ2v) is 4.37. The van der Waals surface area contributed by atoms with E-state index < -0.39 is 0 Å². The summed E-state index contributed by atoms with van der Waals surface area (Å²) in [5.74, 6) is 0.572. The molecule has 2 aromatic heterocycles. The van der Waals surface area contributed by atoms with Crippen LogP contribution in [0.5, 0.6) is 5.88 Å². The molecule has 3 nitrogen and oxygen atoms in total. The second-order valence-electron chi connectivity index (χ2n) is 3.34. The Morgan fingerprint density at radius 2 is 2.31 bits per heavy atom. The van der Waals surface area contributed by atoms with Crippen molar-refractivity contribution in [2.45, 2.75) is 13.0 Å². The van der Waals surface area contributed by atoms with Gasteiger partial charge in [0, 0.05) is 23.6 Å². The third kappa shape index (κ3) is 3.05. The van der Waals surface area contributed by atoms with Crippen molar-refractivity contribution in [1.29, 1.82) is 0 Å². The quantitative estimate of drug-likeness (QED) is 0.864. The zero-order valence-electron chi connectivity index (χ0n) is 8.80. The Morgan fingerprint density at radius 1 is 1.38 bits per heavy atom. The largest absolute Gasteiger partial charge is 0.477 e. The van der Waals surface area contributed by atoms with Crippen LogP contribution in [0.3, 0.4) is 0 Å². The molecular formula is C12H13NO2S. The van der Waals surface area contributed by atoms with Gasteiger partial charge in [-0.1, -0.05) is 6.07 Å². The SMILES string of the molecule is OCc1ccnc(OCCc2cccs2)c1. The van der Waals surface area contributed by atoms with Crippen LogP contribution in [0.4, 0.5) is 0 Å². The summed E-state index contributed by atoms with van der Waals surface area (Å²) in [7, 11) is 0. The first-order valence-corrected chi connectivity index (χ1v) is 5.97. The molecule has 0 radical (unpaired) electrons. The maximum atomic E-state index is 8.96. The summed E-state index contributed by atoms with van der Waals surface area (Å²) in [5.41, 5.74) is 0.820. The van der Waals surface area contributed by atoms with E-state index in [1.165, 1.54) is 4.88 Å². The molecule has 0 aromatic carbocycles. The highest BCUT2D eigenvalue weighted by Crippen LogP contribution is 2.12. The monoisotopic (exact) mass is 235 g/mol. The molecule has 1 N–H and O–H groups in total. The molecule has 0 amide bonds. The van der Waals surface area contributed by atoms with Gasteiger partial charge in [0.2, 0.25) is 5.88 Å². The first-order valence-electron chi connectivity index (χ1n) is 5.09. The minimum Gasteiger partial charge on any atom is -0.477 e. The Balaban J connectivity index is 1.85. The number of pyridine rings is 1. The van der Waals surface area contributed by atoms with Gasteiger partial charge in [-0.05, 0) is 23.1 Å². The van der Waals surface area contributed by atoms with Crippen LogP contribution in [0.2, 0.25) is 0 Å². The fourth-order valence-electron chi connectivity index (χ4n) is 1.34. The summed E-state index contributed by atoms with van der Waals surface area (Å²) in [6.07, 6.45) is 2.54. The van der Waals surface area contributed by atoms with Gasteiger partial charge in [0.1, 0.15) is 0 Å². The van der Waals surface area contributed by atoms with E-state index in [0.29, 0.717) is 12.5 Å². The first kappa shape index (κ1) is 11.1. The van der Waals surface area contributed by atoms with Gasteiger partial charge in [0.15, 0.2) is 0 Å². The van der Waals surface area contributed by atoms with Crippen molar-refractivity contribution in [3.05, 3.63) is 46.3 Å². The van der Waals surface area contributed by atoms with Gasteiger partial charge in [-0.3, -0.25) is 0 Å². The Kier molecular flexibility index (Phi) is 3.91. The summed E-state index contributed by atoms with van der Waals surface area (Å²) in [5, 5.41) is 11.0. The molecule has 2 aromatic rings. The van der Waals surface area contributed by atoms with Gasteiger partial charge in [-0.25, -0.2) is 4.98 Å². The van der Waals surface area contributed by atoms with Gasteiger partial charge in [-0.15, -0.1) is 11.3 Å². The predicted octanol–water partition coefficient (Wildman–Crippen LogP) is 2.26. The minimum atomic E-state index is 0.0177. The van der Waals surface area contributed by atoms with Crippen molar-refractivity contribution in [2.24, 2.45) is 0 Å². The van der Waals surface area contributed by atoms with E-state index in [0.717, 1.165) is 12.0 Å². The lowest BCUT2D eigenvalue weighted by molar-refractivity contribution is 0.277. The summed E-state index contributed by atoms with van der Waals surface area (Å²) in [6, 6.07) is 7.65. The number of thiophene rings is 1. The van der Waals surface area contributed by atoms with E-state index in [2.05, 4.69) is 16.4 Å². The molecule has 0 fully saturated rings. The fourth-order valence-corrected chi connectivity index (χ4v) is 2.03. The lowest BCUT2D eigenvalue weighted by Crippen LogP contribution is -2.01. The van der Waals surface area contributed by atoms with Gasteiger partial charge in [-0.2, -0.15) is 0 Å².